The second kappa shape index (κ2) is 9.42. The molecular formula is C26H21F. The molecule has 27 heavy (non-hydrogen) atoms. The Morgan fingerprint density at radius 2 is 0.963 bits per heavy atom. The third-order valence-electron chi connectivity index (χ3n) is 4.20. The molecule has 3 aromatic rings. The first-order valence-corrected chi connectivity index (χ1v) is 9.21. The van der Waals surface area contributed by atoms with Crippen molar-refractivity contribution in [3.63, 3.8) is 0 Å². The highest BCUT2D eigenvalue weighted by atomic mass is 19.1. The lowest BCUT2D eigenvalue weighted by Crippen LogP contribution is -1.84. The Balaban J connectivity index is 1.64. The fourth-order valence-electron chi connectivity index (χ4n) is 2.59. The SMILES string of the molecule is CCCCc1ccc(C#Cc2ccc(C#Cc3ccc(F)cc3)cc2)cc1. The van der Waals surface area contributed by atoms with Crippen LogP contribution in [0, 0.1) is 29.5 Å². The first-order chi connectivity index (χ1) is 13.2. The van der Waals surface area contributed by atoms with Crippen LogP contribution in [0.4, 0.5) is 4.39 Å². The lowest BCUT2D eigenvalue weighted by Gasteiger charge is -1.99. The van der Waals surface area contributed by atoms with E-state index in [1.54, 1.807) is 12.1 Å². The second-order valence-corrected chi connectivity index (χ2v) is 6.38. The molecule has 0 N–H and O–H groups in total. The molecule has 0 heterocycles. The van der Waals surface area contributed by atoms with Crippen LogP contribution in [-0.4, -0.2) is 0 Å². The molecule has 1 heteroatoms. The molecule has 0 spiro atoms. The van der Waals surface area contributed by atoms with Crippen LogP contribution in [0.15, 0.2) is 72.8 Å². The van der Waals surface area contributed by atoms with Gasteiger partial charge < -0.3 is 0 Å². The van der Waals surface area contributed by atoms with Crippen molar-refractivity contribution in [1.82, 2.24) is 0 Å². The van der Waals surface area contributed by atoms with Gasteiger partial charge in [-0.1, -0.05) is 49.2 Å². The average Bonchev–Trinajstić information content (AvgIpc) is 2.72. The molecule has 0 amide bonds. The summed E-state index contributed by atoms with van der Waals surface area (Å²) in [4.78, 5) is 0. The van der Waals surface area contributed by atoms with E-state index in [0.29, 0.717) is 0 Å². The molecule has 132 valence electrons. The van der Waals surface area contributed by atoms with Crippen LogP contribution in [0.1, 0.15) is 47.6 Å². The van der Waals surface area contributed by atoms with Crippen LogP contribution in [0.5, 0.6) is 0 Å². The Bertz CT molecular complexity index is 987. The molecule has 0 radical (unpaired) electrons. The minimum absolute atomic E-state index is 0.251. The average molecular weight is 352 g/mol. The minimum atomic E-state index is -0.251. The highest BCUT2D eigenvalue weighted by Gasteiger charge is 1.93. The normalized spacial score (nSPS) is 9.70. The van der Waals surface area contributed by atoms with E-state index in [9.17, 15) is 4.39 Å². The van der Waals surface area contributed by atoms with Crippen LogP contribution >= 0.6 is 0 Å². The van der Waals surface area contributed by atoms with E-state index >= 15 is 0 Å². The maximum atomic E-state index is 12.9. The Morgan fingerprint density at radius 1 is 0.593 bits per heavy atom. The molecule has 0 aliphatic rings. The van der Waals surface area contributed by atoms with Gasteiger partial charge in [0.1, 0.15) is 5.82 Å². The van der Waals surface area contributed by atoms with E-state index < -0.39 is 0 Å². The van der Waals surface area contributed by atoms with E-state index in [1.807, 2.05) is 24.3 Å². The number of hydrogen-bond acceptors (Lipinski definition) is 0. The Labute approximate surface area is 161 Å². The first kappa shape index (κ1) is 18.5. The minimum Gasteiger partial charge on any atom is -0.207 e. The lowest BCUT2D eigenvalue weighted by atomic mass is 10.1. The van der Waals surface area contributed by atoms with E-state index in [4.69, 9.17) is 0 Å². The van der Waals surface area contributed by atoms with Crippen LogP contribution in [0.2, 0.25) is 0 Å². The molecule has 0 aliphatic carbocycles. The van der Waals surface area contributed by atoms with Gasteiger partial charge >= 0.3 is 0 Å². The third-order valence-corrected chi connectivity index (χ3v) is 4.20. The molecule has 0 atom stereocenters. The highest BCUT2D eigenvalue weighted by molar-refractivity contribution is 5.48. The van der Waals surface area contributed by atoms with Crippen LogP contribution < -0.4 is 0 Å². The summed E-state index contributed by atoms with van der Waals surface area (Å²) >= 11 is 0. The number of unbranched alkanes of at least 4 members (excludes halogenated alkanes) is 1. The standard InChI is InChI=1S/C26H21F/c1-2-3-4-21-5-7-22(8-6-21)9-10-23-11-13-24(14-12-23)15-16-25-17-19-26(27)20-18-25/h5-8,11-14,17-20H,2-4H2,1H3. The summed E-state index contributed by atoms with van der Waals surface area (Å²) in [5, 5.41) is 0. The fraction of sp³-hybridized carbons (Fsp3) is 0.154. The Kier molecular flexibility index (Phi) is 6.45. The van der Waals surface area contributed by atoms with Crippen LogP contribution in [-0.2, 0) is 6.42 Å². The van der Waals surface area contributed by atoms with Crippen LogP contribution in [0.25, 0.3) is 0 Å². The zero-order valence-electron chi connectivity index (χ0n) is 15.4. The summed E-state index contributed by atoms with van der Waals surface area (Å²) < 4.78 is 12.9. The zero-order chi connectivity index (χ0) is 18.9. The van der Waals surface area contributed by atoms with Crippen molar-refractivity contribution < 1.29 is 4.39 Å². The van der Waals surface area contributed by atoms with Gasteiger partial charge in [0.2, 0.25) is 0 Å². The Hall–Kier alpha value is -3.29. The van der Waals surface area contributed by atoms with E-state index in [2.05, 4.69) is 54.9 Å². The van der Waals surface area contributed by atoms with Gasteiger partial charge in [-0.05, 0) is 79.1 Å². The predicted octanol–water partition coefficient (Wildman–Crippen LogP) is 5.97. The van der Waals surface area contributed by atoms with Crippen molar-refractivity contribution in [3.05, 3.63) is 106 Å². The second-order valence-electron chi connectivity index (χ2n) is 6.38. The van der Waals surface area contributed by atoms with Gasteiger partial charge in [-0.2, -0.15) is 0 Å². The van der Waals surface area contributed by atoms with Gasteiger partial charge in [-0.25, -0.2) is 4.39 Å². The molecule has 0 unspecified atom stereocenters. The van der Waals surface area contributed by atoms with E-state index in [0.717, 1.165) is 28.7 Å². The number of hydrogen-bond donors (Lipinski definition) is 0. The summed E-state index contributed by atoms with van der Waals surface area (Å²) in [7, 11) is 0. The molecular weight excluding hydrogens is 331 g/mol. The van der Waals surface area contributed by atoms with Gasteiger partial charge in [0, 0.05) is 22.3 Å². The van der Waals surface area contributed by atoms with Gasteiger partial charge in [0.25, 0.3) is 0 Å². The summed E-state index contributed by atoms with van der Waals surface area (Å²) in [6, 6.07) is 22.5. The van der Waals surface area contributed by atoms with Crippen molar-refractivity contribution in [2.45, 2.75) is 26.2 Å². The summed E-state index contributed by atoms with van der Waals surface area (Å²) in [5.74, 6) is 12.3. The summed E-state index contributed by atoms with van der Waals surface area (Å²) in [6.45, 7) is 2.21. The monoisotopic (exact) mass is 352 g/mol. The molecule has 0 aromatic heterocycles. The molecule has 0 saturated carbocycles. The predicted molar refractivity (Wildman–Crippen MR) is 110 cm³/mol. The zero-order valence-corrected chi connectivity index (χ0v) is 15.4. The highest BCUT2D eigenvalue weighted by Crippen LogP contribution is 2.08. The first-order valence-electron chi connectivity index (χ1n) is 9.21. The topological polar surface area (TPSA) is 0 Å². The van der Waals surface area contributed by atoms with E-state index in [-0.39, 0.29) is 5.82 Å². The maximum absolute atomic E-state index is 12.9. The number of halogens is 1. The van der Waals surface area contributed by atoms with Gasteiger partial charge in [0.05, 0.1) is 0 Å². The molecule has 3 rings (SSSR count). The smallest absolute Gasteiger partial charge is 0.123 e. The van der Waals surface area contributed by atoms with Crippen LogP contribution in [0.3, 0.4) is 0 Å². The molecule has 0 aliphatic heterocycles. The van der Waals surface area contributed by atoms with Gasteiger partial charge in [-0.15, -0.1) is 0 Å². The summed E-state index contributed by atoms with van der Waals surface area (Å²) in [5.41, 5.74) is 5.05. The van der Waals surface area contributed by atoms with Crippen molar-refractivity contribution >= 4 is 0 Å². The van der Waals surface area contributed by atoms with Crippen molar-refractivity contribution in [1.29, 1.82) is 0 Å². The van der Waals surface area contributed by atoms with Crippen molar-refractivity contribution in [2.24, 2.45) is 0 Å². The van der Waals surface area contributed by atoms with E-state index in [1.165, 1.54) is 30.5 Å². The molecule has 0 saturated heterocycles. The Morgan fingerprint density at radius 3 is 1.37 bits per heavy atom. The quantitative estimate of drug-likeness (QED) is 0.510. The molecule has 3 aromatic carbocycles. The third kappa shape index (κ3) is 5.88. The lowest BCUT2D eigenvalue weighted by molar-refractivity contribution is 0.627. The van der Waals surface area contributed by atoms with Gasteiger partial charge in [0.15, 0.2) is 0 Å². The largest absolute Gasteiger partial charge is 0.207 e. The number of benzene rings is 3. The molecule has 0 bridgehead atoms. The van der Waals surface area contributed by atoms with Gasteiger partial charge in [-0.3, -0.25) is 0 Å². The molecule has 0 nitrogen and oxygen atoms in total. The maximum Gasteiger partial charge on any atom is 0.123 e. The van der Waals surface area contributed by atoms with Crippen molar-refractivity contribution in [3.8, 4) is 23.7 Å². The summed E-state index contributed by atoms with van der Waals surface area (Å²) in [6.07, 6.45) is 3.57. The number of rotatable bonds is 3. The fourth-order valence-corrected chi connectivity index (χ4v) is 2.59. The number of aryl methyl sites for hydroxylation is 1. The molecule has 0 fully saturated rings. The van der Waals surface area contributed by atoms with Crippen molar-refractivity contribution in [2.75, 3.05) is 0 Å².